The molecule has 3 nitrogen and oxygen atoms in total. The Morgan fingerprint density at radius 1 is 0.786 bits per heavy atom. The van der Waals surface area contributed by atoms with Crippen molar-refractivity contribution in [3.63, 3.8) is 0 Å². The third kappa shape index (κ3) is 3.08. The lowest BCUT2D eigenvalue weighted by Gasteiger charge is -2.19. The zero-order valence-electron chi connectivity index (χ0n) is 15.8. The van der Waals surface area contributed by atoms with E-state index in [0.717, 1.165) is 41.1 Å². The van der Waals surface area contributed by atoms with Gasteiger partial charge in [0.25, 0.3) is 0 Å². The molecule has 2 N–H and O–H groups in total. The lowest BCUT2D eigenvalue weighted by molar-refractivity contribution is -0.123. The molecule has 5 heteroatoms. The van der Waals surface area contributed by atoms with Crippen molar-refractivity contribution in [3.8, 4) is 0 Å². The van der Waals surface area contributed by atoms with Gasteiger partial charge in [0.1, 0.15) is 0 Å². The zero-order chi connectivity index (χ0) is 19.8. The number of aliphatic hydroxyl groups is 2. The van der Waals surface area contributed by atoms with Crippen LogP contribution in [0.2, 0.25) is 0 Å². The molecule has 0 spiro atoms. The van der Waals surface area contributed by atoms with E-state index in [9.17, 15) is 15.0 Å². The largest absolute Gasteiger partial charge is 0.395 e. The van der Waals surface area contributed by atoms with Crippen LogP contribution in [0.3, 0.4) is 0 Å². The van der Waals surface area contributed by atoms with Crippen molar-refractivity contribution in [2.45, 2.75) is 25.7 Å². The van der Waals surface area contributed by atoms with Crippen molar-refractivity contribution in [2.24, 2.45) is 0 Å². The number of benzene rings is 2. The van der Waals surface area contributed by atoms with Crippen LogP contribution in [0.5, 0.6) is 0 Å². The van der Waals surface area contributed by atoms with Gasteiger partial charge in [-0.05, 0) is 47.9 Å². The summed E-state index contributed by atoms with van der Waals surface area (Å²) >= 11 is 3.12. The normalized spacial score (nSPS) is 13.9. The first-order valence-corrected chi connectivity index (χ1v) is 10.9. The maximum Gasteiger partial charge on any atom is 0.154 e. The summed E-state index contributed by atoms with van der Waals surface area (Å²) < 4.78 is 2.22. The predicted molar refractivity (Wildman–Crippen MR) is 118 cm³/mol. The Morgan fingerprint density at radius 3 is 1.54 bits per heavy atom. The van der Waals surface area contributed by atoms with Crippen molar-refractivity contribution in [1.82, 2.24) is 0 Å². The fourth-order valence-corrected chi connectivity index (χ4v) is 6.52. The van der Waals surface area contributed by atoms with Gasteiger partial charge >= 0.3 is 0 Å². The van der Waals surface area contributed by atoms with Crippen LogP contribution in [0, 0.1) is 13.8 Å². The molecule has 0 saturated carbocycles. The molecule has 2 atom stereocenters. The number of hydrogen-bond acceptors (Lipinski definition) is 5. The van der Waals surface area contributed by atoms with Crippen molar-refractivity contribution < 1.29 is 15.0 Å². The molecule has 0 fully saturated rings. The number of ketones is 1. The van der Waals surface area contributed by atoms with Gasteiger partial charge in [-0.15, -0.1) is 22.7 Å². The van der Waals surface area contributed by atoms with Gasteiger partial charge < -0.3 is 10.2 Å². The minimum Gasteiger partial charge on any atom is -0.395 e. The highest BCUT2D eigenvalue weighted by atomic mass is 32.1. The van der Waals surface area contributed by atoms with E-state index in [-0.39, 0.29) is 19.0 Å². The number of carbonyl (C=O) groups is 1. The highest BCUT2D eigenvalue weighted by Crippen LogP contribution is 2.41. The molecule has 2 heterocycles. The number of aliphatic hydroxyl groups excluding tert-OH is 2. The number of carbonyl (C=O) groups excluding carboxylic acids is 1. The SMILES string of the molecule is Cc1c(C(CO)C(=O)C(CO)c2sc3ccccc3c2C)sc2ccccc12. The molecule has 0 aliphatic rings. The molecule has 2 unspecified atom stereocenters. The molecule has 0 saturated heterocycles. The number of rotatable bonds is 6. The Balaban J connectivity index is 1.77. The van der Waals surface area contributed by atoms with Crippen LogP contribution in [-0.2, 0) is 4.79 Å². The summed E-state index contributed by atoms with van der Waals surface area (Å²) in [5.74, 6) is -1.37. The van der Waals surface area contributed by atoms with Crippen molar-refractivity contribution >= 4 is 48.6 Å². The van der Waals surface area contributed by atoms with E-state index in [0.29, 0.717) is 0 Å². The summed E-state index contributed by atoms with van der Waals surface area (Å²) in [6.45, 7) is 3.49. The summed E-state index contributed by atoms with van der Waals surface area (Å²) in [6, 6.07) is 16.1. The monoisotopic (exact) mass is 410 g/mol. The standard InChI is InChI=1S/C23H22O3S2/c1-13-15-7-3-5-9-19(15)27-22(13)17(11-24)21(26)18(12-25)23-14(2)16-8-4-6-10-20(16)28-23/h3-10,17-18,24-25H,11-12H2,1-2H3. The van der Waals surface area contributed by atoms with Gasteiger partial charge in [-0.2, -0.15) is 0 Å². The number of Topliss-reactive ketones (excluding diaryl/α,β-unsaturated/α-hetero) is 1. The van der Waals surface area contributed by atoms with Gasteiger partial charge in [0, 0.05) is 19.2 Å². The third-order valence-corrected chi connectivity index (χ3v) is 8.22. The first kappa shape index (κ1) is 19.3. The van der Waals surface area contributed by atoms with Gasteiger partial charge in [-0.1, -0.05) is 36.4 Å². The van der Waals surface area contributed by atoms with Crippen LogP contribution < -0.4 is 0 Å². The van der Waals surface area contributed by atoms with Crippen LogP contribution in [0.15, 0.2) is 48.5 Å². The average molecular weight is 411 g/mol. The molecule has 2 aromatic carbocycles. The molecule has 4 aromatic rings. The summed E-state index contributed by atoms with van der Waals surface area (Å²) in [4.78, 5) is 15.2. The van der Waals surface area contributed by atoms with E-state index in [4.69, 9.17) is 0 Å². The zero-order valence-corrected chi connectivity index (χ0v) is 17.4. The van der Waals surface area contributed by atoms with Gasteiger partial charge in [-0.25, -0.2) is 0 Å². The molecule has 0 radical (unpaired) electrons. The van der Waals surface area contributed by atoms with E-state index in [2.05, 4.69) is 0 Å². The fraction of sp³-hybridized carbons (Fsp3) is 0.261. The molecule has 4 rings (SSSR count). The second-order valence-corrected chi connectivity index (χ2v) is 9.22. The Kier molecular flexibility index (Phi) is 5.34. The second-order valence-electron chi connectivity index (χ2n) is 7.05. The minimum absolute atomic E-state index is 0.116. The van der Waals surface area contributed by atoms with E-state index in [1.807, 2.05) is 62.4 Å². The van der Waals surface area contributed by atoms with Crippen LogP contribution >= 0.6 is 22.7 Å². The molecular formula is C23H22O3S2. The molecular weight excluding hydrogens is 388 g/mol. The summed E-state index contributed by atoms with van der Waals surface area (Å²) in [5.41, 5.74) is 2.08. The predicted octanol–water partition coefficient (Wildman–Crippen LogP) is 5.15. The van der Waals surface area contributed by atoms with Gasteiger partial charge in [0.15, 0.2) is 5.78 Å². The maximum absolute atomic E-state index is 13.5. The van der Waals surface area contributed by atoms with Crippen LogP contribution in [0.4, 0.5) is 0 Å². The van der Waals surface area contributed by atoms with Crippen LogP contribution in [0.1, 0.15) is 32.7 Å². The highest BCUT2D eigenvalue weighted by molar-refractivity contribution is 7.20. The number of hydrogen-bond donors (Lipinski definition) is 2. The molecule has 0 bridgehead atoms. The molecule has 2 aromatic heterocycles. The third-order valence-electron chi connectivity index (χ3n) is 5.45. The van der Waals surface area contributed by atoms with E-state index < -0.39 is 11.8 Å². The topological polar surface area (TPSA) is 57.5 Å². The Morgan fingerprint density at radius 2 is 1.18 bits per heavy atom. The molecule has 0 aliphatic carbocycles. The van der Waals surface area contributed by atoms with E-state index in [1.165, 1.54) is 0 Å². The smallest absolute Gasteiger partial charge is 0.154 e. The summed E-state index contributed by atoms with van der Waals surface area (Å²) in [5, 5.41) is 22.5. The Labute approximate surface area is 171 Å². The molecule has 144 valence electrons. The molecule has 0 aliphatic heterocycles. The first-order chi connectivity index (χ1) is 13.6. The van der Waals surface area contributed by atoms with Gasteiger partial charge in [-0.3, -0.25) is 4.79 Å². The summed E-state index contributed by atoms with van der Waals surface area (Å²) in [6.07, 6.45) is 0. The van der Waals surface area contributed by atoms with Gasteiger partial charge in [0.05, 0.1) is 25.0 Å². The number of fused-ring (bicyclic) bond motifs is 2. The van der Waals surface area contributed by atoms with Crippen LogP contribution in [0.25, 0.3) is 20.2 Å². The summed E-state index contributed by atoms with van der Waals surface area (Å²) in [7, 11) is 0. The minimum atomic E-state index is -0.626. The van der Waals surface area contributed by atoms with Crippen molar-refractivity contribution in [3.05, 3.63) is 69.4 Å². The quantitative estimate of drug-likeness (QED) is 0.462. The maximum atomic E-state index is 13.5. The van der Waals surface area contributed by atoms with Crippen LogP contribution in [-0.4, -0.2) is 29.2 Å². The Bertz CT molecular complexity index is 1070. The van der Waals surface area contributed by atoms with Gasteiger partial charge in [0.2, 0.25) is 0 Å². The number of thiophene rings is 2. The second kappa shape index (κ2) is 7.76. The first-order valence-electron chi connectivity index (χ1n) is 9.28. The number of aryl methyl sites for hydroxylation is 2. The van der Waals surface area contributed by atoms with Crippen molar-refractivity contribution in [2.75, 3.05) is 13.2 Å². The molecule has 28 heavy (non-hydrogen) atoms. The fourth-order valence-electron chi connectivity index (χ4n) is 3.90. The van der Waals surface area contributed by atoms with Crippen molar-refractivity contribution in [1.29, 1.82) is 0 Å². The average Bonchev–Trinajstić information content (AvgIpc) is 3.22. The van der Waals surface area contributed by atoms with E-state index >= 15 is 0 Å². The molecule has 0 amide bonds. The lowest BCUT2D eigenvalue weighted by atomic mass is 9.88. The van der Waals surface area contributed by atoms with E-state index in [1.54, 1.807) is 22.7 Å². The highest BCUT2D eigenvalue weighted by Gasteiger charge is 2.33. The Hall–Kier alpha value is -2.05. The lowest BCUT2D eigenvalue weighted by Crippen LogP contribution is -2.25.